The minimum Gasteiger partial charge on any atom is -0.444 e. The van der Waals surface area contributed by atoms with Crippen LogP contribution in [0.5, 0.6) is 0 Å². The van der Waals surface area contributed by atoms with Crippen LogP contribution in [0, 0.1) is 29.1 Å². The van der Waals surface area contributed by atoms with Gasteiger partial charge in [-0.05, 0) is 95.5 Å². The number of carbonyl (C=O) groups is 4. The number of fused-ring (bicyclic) bond motifs is 3. The van der Waals surface area contributed by atoms with E-state index < -0.39 is 11.7 Å². The van der Waals surface area contributed by atoms with Crippen LogP contribution < -0.4 is 10.6 Å². The minimum atomic E-state index is -0.557. The van der Waals surface area contributed by atoms with E-state index in [-0.39, 0.29) is 17.1 Å². The molecule has 7 nitrogen and oxygen atoms in total. The van der Waals surface area contributed by atoms with Crippen molar-refractivity contribution in [2.75, 3.05) is 13.1 Å². The van der Waals surface area contributed by atoms with Gasteiger partial charge in [0, 0.05) is 37.8 Å². The predicted molar refractivity (Wildman–Crippen MR) is 144 cm³/mol. The fourth-order valence-corrected chi connectivity index (χ4v) is 7.04. The Balaban J connectivity index is 1.59. The second-order valence-electron chi connectivity index (χ2n) is 12.7. The summed E-state index contributed by atoms with van der Waals surface area (Å²) >= 11 is 0. The van der Waals surface area contributed by atoms with Crippen molar-refractivity contribution >= 4 is 23.6 Å². The van der Waals surface area contributed by atoms with E-state index in [1.54, 1.807) is 0 Å². The van der Waals surface area contributed by atoms with Crippen molar-refractivity contribution in [1.29, 1.82) is 0 Å². The summed E-state index contributed by atoms with van der Waals surface area (Å²) in [6.45, 7) is 10.4. The molecule has 2 N–H and O–H groups in total. The maximum absolute atomic E-state index is 12.8. The Hall–Kier alpha value is -2.18. The van der Waals surface area contributed by atoms with Crippen molar-refractivity contribution in [3.63, 3.8) is 0 Å². The summed E-state index contributed by atoms with van der Waals surface area (Å²) in [4.78, 5) is 49.8. The van der Waals surface area contributed by atoms with Gasteiger partial charge in [-0.15, -0.1) is 0 Å². The molecular formula is C30H48N2O5. The van der Waals surface area contributed by atoms with E-state index in [9.17, 15) is 19.2 Å². The Morgan fingerprint density at radius 1 is 1.08 bits per heavy atom. The topological polar surface area (TPSA) is 102 Å². The Labute approximate surface area is 222 Å². The Morgan fingerprint density at radius 2 is 1.81 bits per heavy atom. The number of ketones is 2. The van der Waals surface area contributed by atoms with E-state index in [4.69, 9.17) is 4.74 Å². The van der Waals surface area contributed by atoms with Gasteiger partial charge in [0.1, 0.15) is 11.4 Å². The van der Waals surface area contributed by atoms with Crippen LogP contribution in [0.4, 0.5) is 4.79 Å². The van der Waals surface area contributed by atoms with Crippen LogP contribution in [0.2, 0.25) is 0 Å². The first-order valence-corrected chi connectivity index (χ1v) is 14.4. The number of carbonyl (C=O) groups excluding carboxylic acids is 4. The third-order valence-electron chi connectivity index (χ3n) is 8.77. The van der Waals surface area contributed by atoms with Crippen molar-refractivity contribution in [3.05, 3.63) is 11.6 Å². The first-order valence-electron chi connectivity index (χ1n) is 14.4. The zero-order valence-electron chi connectivity index (χ0n) is 23.6. The van der Waals surface area contributed by atoms with Gasteiger partial charge in [0.15, 0.2) is 5.78 Å². The zero-order valence-corrected chi connectivity index (χ0v) is 23.6. The lowest BCUT2D eigenvalue weighted by molar-refractivity contribution is -0.132. The average Bonchev–Trinajstić information content (AvgIpc) is 3.12. The molecule has 0 spiro atoms. The molecule has 7 heteroatoms. The normalized spacial score (nSPS) is 30.4. The maximum Gasteiger partial charge on any atom is 0.407 e. The molecule has 2 amide bonds. The predicted octanol–water partition coefficient (Wildman–Crippen LogP) is 5.51. The zero-order chi connectivity index (χ0) is 27.2. The number of unbranched alkanes of at least 4 members (excludes halogenated alkanes) is 1. The molecule has 0 aromatic heterocycles. The second-order valence-corrected chi connectivity index (χ2v) is 12.7. The maximum atomic E-state index is 12.8. The summed E-state index contributed by atoms with van der Waals surface area (Å²) in [6, 6.07) is 0. The van der Waals surface area contributed by atoms with Gasteiger partial charge in [-0.3, -0.25) is 14.4 Å². The fourth-order valence-electron chi connectivity index (χ4n) is 7.04. The molecule has 3 rings (SSSR count). The number of nitrogens with one attached hydrogen (secondary N) is 2. The van der Waals surface area contributed by atoms with Gasteiger partial charge in [0.25, 0.3) is 0 Å². The van der Waals surface area contributed by atoms with E-state index in [0.717, 1.165) is 51.4 Å². The Kier molecular flexibility index (Phi) is 9.99. The molecule has 0 aromatic rings. The first kappa shape index (κ1) is 29.4. The van der Waals surface area contributed by atoms with E-state index in [1.807, 2.05) is 26.8 Å². The lowest BCUT2D eigenvalue weighted by Crippen LogP contribution is -2.46. The van der Waals surface area contributed by atoms with E-state index >= 15 is 0 Å². The lowest BCUT2D eigenvalue weighted by Gasteiger charge is -2.51. The van der Waals surface area contributed by atoms with Crippen molar-refractivity contribution in [2.45, 2.75) is 111 Å². The summed E-state index contributed by atoms with van der Waals surface area (Å²) in [5.74, 6) is 2.25. The van der Waals surface area contributed by atoms with Crippen LogP contribution in [-0.4, -0.2) is 42.3 Å². The number of alkyl carbamates (subject to hydrolysis) is 1. The number of hydrogen-bond acceptors (Lipinski definition) is 5. The Morgan fingerprint density at radius 3 is 2.51 bits per heavy atom. The van der Waals surface area contributed by atoms with Crippen molar-refractivity contribution in [3.8, 4) is 0 Å². The molecule has 0 aromatic carbocycles. The van der Waals surface area contributed by atoms with Gasteiger partial charge >= 0.3 is 6.09 Å². The molecule has 0 heterocycles. The van der Waals surface area contributed by atoms with Gasteiger partial charge in [-0.25, -0.2) is 4.79 Å². The molecule has 0 aliphatic heterocycles. The monoisotopic (exact) mass is 516 g/mol. The van der Waals surface area contributed by atoms with Crippen LogP contribution in [0.15, 0.2) is 11.6 Å². The van der Waals surface area contributed by atoms with Gasteiger partial charge in [0.05, 0.1) is 0 Å². The number of amides is 2. The molecule has 0 bridgehead atoms. The number of rotatable bonds is 10. The molecule has 3 saturated carbocycles. The van der Waals surface area contributed by atoms with Crippen LogP contribution in [0.25, 0.3) is 0 Å². The Bertz CT molecular complexity index is 889. The number of Topliss-reactive ketones (excluding diaryl/α,β-unsaturated/α-hetero) is 1. The molecule has 3 aliphatic rings. The molecular weight excluding hydrogens is 468 g/mol. The number of hydrogen-bond donors (Lipinski definition) is 2. The SMILES string of the molecule is CCCCC(=O)/C=C1/CC(CCC(=O)NCCNC(=O)OC(C)(C)C)C2C(CC[C@]3(C)C(=O)CCC23)C1. The highest BCUT2D eigenvalue weighted by Crippen LogP contribution is 2.60. The fraction of sp³-hybridized carbons (Fsp3) is 0.800. The van der Waals surface area contributed by atoms with Crippen molar-refractivity contribution in [2.24, 2.45) is 29.1 Å². The standard InChI is InChI=1S/C30H48N2O5/c1-6-7-8-23(33)19-20-17-21(9-12-26(35)31-15-16-32-28(36)37-29(2,3)4)27-22(18-20)13-14-30(5)24(27)10-11-25(30)34/h19,21-22,24,27H,6-18H2,1-5H3,(H,31,35)(H,32,36)/b20-19-/t21?,22?,24?,27?,30-/m0/s1. The van der Waals surface area contributed by atoms with Crippen molar-refractivity contribution in [1.82, 2.24) is 10.6 Å². The third kappa shape index (κ3) is 7.90. The van der Waals surface area contributed by atoms with Gasteiger partial charge in [-0.2, -0.15) is 0 Å². The molecule has 4 unspecified atom stereocenters. The second kappa shape index (κ2) is 12.6. The summed E-state index contributed by atoms with van der Waals surface area (Å²) < 4.78 is 5.22. The van der Waals surface area contributed by atoms with Gasteiger partial charge < -0.3 is 15.4 Å². The summed E-state index contributed by atoms with van der Waals surface area (Å²) in [5.41, 5.74) is 0.466. The number of ether oxygens (including phenoxy) is 1. The van der Waals surface area contributed by atoms with E-state index in [1.165, 1.54) is 5.57 Å². The highest BCUT2D eigenvalue weighted by atomic mass is 16.6. The highest BCUT2D eigenvalue weighted by Gasteiger charge is 2.56. The molecule has 5 atom stereocenters. The van der Waals surface area contributed by atoms with Crippen molar-refractivity contribution < 1.29 is 23.9 Å². The highest BCUT2D eigenvalue weighted by molar-refractivity contribution is 5.90. The first-order chi connectivity index (χ1) is 17.4. The van der Waals surface area contributed by atoms with E-state index in [0.29, 0.717) is 61.8 Å². The van der Waals surface area contributed by atoms with Gasteiger partial charge in [0.2, 0.25) is 5.91 Å². The molecule has 37 heavy (non-hydrogen) atoms. The summed E-state index contributed by atoms with van der Waals surface area (Å²) in [7, 11) is 0. The van der Waals surface area contributed by atoms with Crippen LogP contribution in [-0.2, 0) is 19.1 Å². The summed E-state index contributed by atoms with van der Waals surface area (Å²) in [5, 5.41) is 5.57. The molecule has 0 saturated heterocycles. The summed E-state index contributed by atoms with van der Waals surface area (Å²) in [6.07, 6.45) is 10.6. The third-order valence-corrected chi connectivity index (χ3v) is 8.77. The minimum absolute atomic E-state index is 0.0290. The quantitative estimate of drug-likeness (QED) is 0.294. The van der Waals surface area contributed by atoms with Crippen LogP contribution in [0.1, 0.15) is 105 Å². The number of allylic oxidation sites excluding steroid dienone is 2. The average molecular weight is 517 g/mol. The smallest absolute Gasteiger partial charge is 0.407 e. The molecule has 3 fully saturated rings. The molecule has 208 valence electrons. The van der Waals surface area contributed by atoms with E-state index in [2.05, 4.69) is 24.5 Å². The molecule has 3 aliphatic carbocycles. The molecule has 0 radical (unpaired) electrons. The van der Waals surface area contributed by atoms with Gasteiger partial charge in [-0.1, -0.05) is 25.8 Å². The largest absolute Gasteiger partial charge is 0.444 e. The lowest BCUT2D eigenvalue weighted by atomic mass is 9.52. The van der Waals surface area contributed by atoms with Crippen LogP contribution >= 0.6 is 0 Å². The van der Waals surface area contributed by atoms with Crippen LogP contribution in [0.3, 0.4) is 0 Å².